The summed E-state index contributed by atoms with van der Waals surface area (Å²) in [6.45, 7) is 2.14. The molecule has 0 bridgehead atoms. The van der Waals surface area contributed by atoms with E-state index in [1.54, 1.807) is 0 Å². The molecule has 2 aromatic rings. The van der Waals surface area contributed by atoms with Crippen molar-refractivity contribution in [3.63, 3.8) is 0 Å². The van der Waals surface area contributed by atoms with Crippen LogP contribution in [0.15, 0.2) is 30.5 Å². The van der Waals surface area contributed by atoms with E-state index in [1.807, 2.05) is 11.8 Å². The predicted molar refractivity (Wildman–Crippen MR) is 84.8 cm³/mol. The van der Waals surface area contributed by atoms with Gasteiger partial charge in [0, 0.05) is 36.2 Å². The molecule has 2 nitrogen and oxygen atoms in total. The van der Waals surface area contributed by atoms with E-state index in [1.165, 1.54) is 41.5 Å². The lowest BCUT2D eigenvalue weighted by molar-refractivity contribution is 0.690. The van der Waals surface area contributed by atoms with Crippen LogP contribution < -0.4 is 5.32 Å². The second-order valence-electron chi connectivity index (χ2n) is 5.36. The quantitative estimate of drug-likeness (QED) is 0.776. The molecule has 1 aliphatic rings. The van der Waals surface area contributed by atoms with Crippen molar-refractivity contribution in [1.82, 2.24) is 9.88 Å². The van der Waals surface area contributed by atoms with E-state index in [2.05, 4.69) is 46.6 Å². The Morgan fingerprint density at radius 1 is 1.32 bits per heavy atom. The van der Waals surface area contributed by atoms with Crippen molar-refractivity contribution in [3.05, 3.63) is 36.0 Å². The van der Waals surface area contributed by atoms with Crippen molar-refractivity contribution in [2.24, 2.45) is 0 Å². The van der Waals surface area contributed by atoms with Gasteiger partial charge in [0.1, 0.15) is 0 Å². The van der Waals surface area contributed by atoms with Crippen LogP contribution in [-0.2, 0) is 13.1 Å². The smallest absolute Gasteiger partial charge is 0.0483 e. The number of aromatic nitrogens is 1. The van der Waals surface area contributed by atoms with Crippen LogP contribution in [0.1, 0.15) is 24.8 Å². The minimum Gasteiger partial charge on any atom is -0.347 e. The Kier molecular flexibility index (Phi) is 4.14. The summed E-state index contributed by atoms with van der Waals surface area (Å²) < 4.78 is 2.40. The Morgan fingerprint density at radius 2 is 2.21 bits per heavy atom. The zero-order chi connectivity index (χ0) is 13.1. The van der Waals surface area contributed by atoms with Crippen LogP contribution >= 0.6 is 11.8 Å². The lowest BCUT2D eigenvalue weighted by atomic mass is 10.1. The zero-order valence-corrected chi connectivity index (χ0v) is 12.4. The van der Waals surface area contributed by atoms with Gasteiger partial charge in [-0.2, -0.15) is 11.8 Å². The van der Waals surface area contributed by atoms with Crippen molar-refractivity contribution >= 4 is 22.7 Å². The standard InChI is InChI=1S/C16H22N2S/c1-19-11-3-9-18-10-8-15-13(4-2-5-16(15)18)12-17-14-6-7-14/h2,4-5,8,10,14,17H,3,6-7,9,11-12H2,1H3. The first-order chi connectivity index (χ1) is 9.38. The third kappa shape index (κ3) is 3.15. The molecule has 0 unspecified atom stereocenters. The number of aryl methyl sites for hydroxylation is 1. The SMILES string of the molecule is CSCCCn1ccc2c(CNC3CC3)cccc21. The van der Waals surface area contributed by atoms with Gasteiger partial charge in [-0.1, -0.05) is 12.1 Å². The molecule has 1 aromatic carbocycles. The Hall–Kier alpha value is -0.930. The first-order valence-electron chi connectivity index (χ1n) is 7.17. The fourth-order valence-corrected chi connectivity index (χ4v) is 2.98. The van der Waals surface area contributed by atoms with Gasteiger partial charge in [-0.15, -0.1) is 0 Å². The Labute approximate surface area is 119 Å². The van der Waals surface area contributed by atoms with Crippen LogP contribution in [0.5, 0.6) is 0 Å². The van der Waals surface area contributed by atoms with Crippen molar-refractivity contribution in [2.75, 3.05) is 12.0 Å². The maximum absolute atomic E-state index is 3.61. The molecular weight excluding hydrogens is 252 g/mol. The number of nitrogens with zero attached hydrogens (tertiary/aromatic N) is 1. The molecule has 1 heterocycles. The van der Waals surface area contributed by atoms with Crippen molar-refractivity contribution < 1.29 is 0 Å². The fraction of sp³-hybridized carbons (Fsp3) is 0.500. The number of rotatable bonds is 7. The molecular formula is C16H22N2S. The average Bonchev–Trinajstić information content (AvgIpc) is 3.17. The predicted octanol–water partition coefficient (Wildman–Crippen LogP) is 3.65. The monoisotopic (exact) mass is 274 g/mol. The largest absolute Gasteiger partial charge is 0.347 e. The van der Waals surface area contributed by atoms with Gasteiger partial charge in [-0.3, -0.25) is 0 Å². The van der Waals surface area contributed by atoms with Gasteiger partial charge in [0.15, 0.2) is 0 Å². The number of hydrogen-bond donors (Lipinski definition) is 1. The minimum atomic E-state index is 0.777. The van der Waals surface area contributed by atoms with Gasteiger partial charge in [0.05, 0.1) is 0 Å². The van der Waals surface area contributed by atoms with Gasteiger partial charge in [0.25, 0.3) is 0 Å². The average molecular weight is 274 g/mol. The molecule has 0 spiro atoms. The molecule has 0 aliphatic heterocycles. The summed E-state index contributed by atoms with van der Waals surface area (Å²) in [6, 6.07) is 9.74. The summed E-state index contributed by atoms with van der Waals surface area (Å²) in [7, 11) is 0. The molecule has 1 aromatic heterocycles. The lowest BCUT2D eigenvalue weighted by Crippen LogP contribution is -2.15. The van der Waals surface area contributed by atoms with Crippen LogP contribution in [0.2, 0.25) is 0 Å². The van der Waals surface area contributed by atoms with Gasteiger partial charge >= 0.3 is 0 Å². The van der Waals surface area contributed by atoms with E-state index < -0.39 is 0 Å². The van der Waals surface area contributed by atoms with E-state index in [4.69, 9.17) is 0 Å². The van der Waals surface area contributed by atoms with Crippen molar-refractivity contribution in [1.29, 1.82) is 0 Å². The molecule has 0 radical (unpaired) electrons. The highest BCUT2D eigenvalue weighted by atomic mass is 32.2. The van der Waals surface area contributed by atoms with Crippen LogP contribution in [0.3, 0.4) is 0 Å². The van der Waals surface area contributed by atoms with E-state index >= 15 is 0 Å². The first kappa shape index (κ1) is 13.1. The summed E-state index contributed by atoms with van der Waals surface area (Å²) in [5.41, 5.74) is 2.82. The molecule has 3 rings (SSSR count). The van der Waals surface area contributed by atoms with Gasteiger partial charge < -0.3 is 9.88 Å². The molecule has 19 heavy (non-hydrogen) atoms. The van der Waals surface area contributed by atoms with Crippen LogP contribution in [0, 0.1) is 0 Å². The molecule has 1 aliphatic carbocycles. The Bertz CT molecular complexity index is 543. The summed E-state index contributed by atoms with van der Waals surface area (Å²) in [5, 5.41) is 5.03. The summed E-state index contributed by atoms with van der Waals surface area (Å²) in [4.78, 5) is 0. The fourth-order valence-electron chi connectivity index (χ4n) is 2.56. The number of hydrogen-bond acceptors (Lipinski definition) is 2. The molecule has 0 atom stereocenters. The van der Waals surface area contributed by atoms with E-state index in [9.17, 15) is 0 Å². The van der Waals surface area contributed by atoms with Gasteiger partial charge in [0.2, 0.25) is 0 Å². The third-order valence-electron chi connectivity index (χ3n) is 3.81. The highest BCUT2D eigenvalue weighted by Crippen LogP contribution is 2.23. The van der Waals surface area contributed by atoms with Crippen LogP contribution in [0.25, 0.3) is 10.9 Å². The molecule has 1 saturated carbocycles. The van der Waals surface area contributed by atoms with E-state index in [0.29, 0.717) is 0 Å². The molecule has 102 valence electrons. The van der Waals surface area contributed by atoms with Gasteiger partial charge in [-0.25, -0.2) is 0 Å². The van der Waals surface area contributed by atoms with E-state index in [-0.39, 0.29) is 0 Å². The number of nitrogens with one attached hydrogen (secondary N) is 1. The van der Waals surface area contributed by atoms with Crippen LogP contribution in [-0.4, -0.2) is 22.6 Å². The number of thioether (sulfide) groups is 1. The van der Waals surface area contributed by atoms with Crippen LogP contribution in [0.4, 0.5) is 0 Å². The first-order valence-corrected chi connectivity index (χ1v) is 8.57. The zero-order valence-electron chi connectivity index (χ0n) is 11.6. The maximum atomic E-state index is 3.61. The molecule has 0 amide bonds. The number of fused-ring (bicyclic) bond motifs is 1. The number of benzene rings is 1. The summed E-state index contributed by atoms with van der Waals surface area (Å²) in [6.07, 6.45) is 8.37. The summed E-state index contributed by atoms with van der Waals surface area (Å²) >= 11 is 1.93. The Morgan fingerprint density at radius 3 is 3.00 bits per heavy atom. The normalized spacial score (nSPS) is 15.2. The topological polar surface area (TPSA) is 17.0 Å². The molecule has 1 fully saturated rings. The Balaban J connectivity index is 1.76. The summed E-state index contributed by atoms with van der Waals surface area (Å²) in [5.74, 6) is 1.24. The minimum absolute atomic E-state index is 0.777. The molecule has 1 N–H and O–H groups in total. The van der Waals surface area contributed by atoms with Crippen molar-refractivity contribution in [3.8, 4) is 0 Å². The highest BCUT2D eigenvalue weighted by Gasteiger charge is 2.20. The third-order valence-corrected chi connectivity index (χ3v) is 4.51. The maximum Gasteiger partial charge on any atom is 0.0483 e. The molecule has 0 saturated heterocycles. The highest BCUT2D eigenvalue weighted by molar-refractivity contribution is 7.98. The van der Waals surface area contributed by atoms with Crippen molar-refractivity contribution in [2.45, 2.75) is 38.4 Å². The second-order valence-corrected chi connectivity index (χ2v) is 6.35. The van der Waals surface area contributed by atoms with E-state index in [0.717, 1.165) is 19.1 Å². The van der Waals surface area contributed by atoms with Gasteiger partial charge in [-0.05, 0) is 49.0 Å². The lowest BCUT2D eigenvalue weighted by Gasteiger charge is -2.07. The molecule has 3 heteroatoms. The second kappa shape index (κ2) is 6.02.